The second-order valence-electron chi connectivity index (χ2n) is 6.93. The molecule has 0 bridgehead atoms. The van der Waals surface area contributed by atoms with Crippen molar-refractivity contribution in [1.29, 1.82) is 0 Å². The minimum atomic E-state index is 0.650. The van der Waals surface area contributed by atoms with E-state index in [0.717, 1.165) is 42.1 Å². The molecule has 0 saturated carbocycles. The van der Waals surface area contributed by atoms with Gasteiger partial charge in [0.1, 0.15) is 0 Å². The van der Waals surface area contributed by atoms with Crippen molar-refractivity contribution in [3.05, 3.63) is 46.5 Å². The number of rotatable bonds is 5. The van der Waals surface area contributed by atoms with E-state index in [9.17, 15) is 0 Å². The van der Waals surface area contributed by atoms with E-state index < -0.39 is 0 Å². The van der Waals surface area contributed by atoms with Gasteiger partial charge in [-0.05, 0) is 68.1 Å². The van der Waals surface area contributed by atoms with Crippen LogP contribution in [-0.4, -0.2) is 38.4 Å². The first-order valence-corrected chi connectivity index (χ1v) is 9.51. The van der Waals surface area contributed by atoms with Gasteiger partial charge in [0.2, 0.25) is 0 Å². The third kappa shape index (κ3) is 4.13. The minimum absolute atomic E-state index is 0.650. The third-order valence-corrected chi connectivity index (χ3v) is 5.20. The lowest BCUT2D eigenvalue weighted by Gasteiger charge is -2.28. The van der Waals surface area contributed by atoms with Crippen LogP contribution in [0.25, 0.3) is 0 Å². The van der Waals surface area contributed by atoms with Crippen LogP contribution in [0.1, 0.15) is 24.5 Å². The Hall–Kier alpha value is -2.20. The maximum Gasteiger partial charge on any atom is 0.0910 e. The Kier molecular flexibility index (Phi) is 5.72. The highest BCUT2D eigenvalue weighted by Gasteiger charge is 2.14. The summed E-state index contributed by atoms with van der Waals surface area (Å²) in [7, 11) is 4.15. The van der Waals surface area contributed by atoms with Gasteiger partial charge >= 0.3 is 0 Å². The van der Waals surface area contributed by atoms with Crippen molar-refractivity contribution < 1.29 is 0 Å². The van der Waals surface area contributed by atoms with Crippen LogP contribution in [0.5, 0.6) is 0 Å². The van der Waals surface area contributed by atoms with Crippen LogP contribution in [0.2, 0.25) is 5.02 Å². The fraction of sp³-hybridized carbons (Fsp3) is 0.381. The van der Waals surface area contributed by atoms with E-state index in [1.807, 2.05) is 30.4 Å². The van der Waals surface area contributed by atoms with E-state index in [-0.39, 0.29) is 0 Å². The Morgan fingerprint density at radius 1 is 1.31 bits per heavy atom. The van der Waals surface area contributed by atoms with Crippen LogP contribution in [0.3, 0.4) is 0 Å². The molecule has 2 aromatic carbocycles. The largest absolute Gasteiger partial charge is 0.374 e. The summed E-state index contributed by atoms with van der Waals surface area (Å²) < 4.78 is 0. The fourth-order valence-corrected chi connectivity index (χ4v) is 3.37. The molecule has 1 N–H and O–H groups in total. The number of hydrogen-bond acceptors (Lipinski definition) is 3. The molecule has 0 unspecified atom stereocenters. The van der Waals surface area contributed by atoms with Crippen molar-refractivity contribution >= 4 is 40.7 Å². The molecule has 138 valence electrons. The lowest BCUT2D eigenvalue weighted by molar-refractivity contribution is 0.552. The molecule has 1 heterocycles. The number of hydrogen-bond donors (Lipinski definition) is 1. The lowest BCUT2D eigenvalue weighted by atomic mass is 10.0. The van der Waals surface area contributed by atoms with Crippen LogP contribution in [0.15, 0.2) is 35.3 Å². The van der Waals surface area contributed by atoms with E-state index >= 15 is 0 Å². The van der Waals surface area contributed by atoms with Crippen LogP contribution < -0.4 is 10.2 Å². The number of aliphatic imine (C=N–C) groups is 1. The second kappa shape index (κ2) is 8.00. The van der Waals surface area contributed by atoms with Crippen molar-refractivity contribution in [3.63, 3.8) is 0 Å². The first kappa shape index (κ1) is 18.6. The molecule has 0 saturated heterocycles. The molecule has 0 spiro atoms. The van der Waals surface area contributed by atoms with Crippen LogP contribution in [-0.2, 0) is 6.42 Å². The van der Waals surface area contributed by atoms with Gasteiger partial charge in [-0.25, -0.2) is 4.99 Å². The average Bonchev–Trinajstić information content (AvgIpc) is 2.63. The summed E-state index contributed by atoms with van der Waals surface area (Å²) in [6, 6.07) is 10.6. The molecular formula is C21H27ClN4. The van der Waals surface area contributed by atoms with E-state index in [0.29, 0.717) is 5.02 Å². The molecule has 3 rings (SSSR count). The summed E-state index contributed by atoms with van der Waals surface area (Å²) in [5.74, 6) is 0. The normalized spacial score (nSPS) is 13.8. The highest BCUT2D eigenvalue weighted by Crippen LogP contribution is 2.34. The Bertz CT molecular complexity index is 816. The van der Waals surface area contributed by atoms with Gasteiger partial charge in [-0.2, -0.15) is 0 Å². The van der Waals surface area contributed by atoms with Crippen LogP contribution in [0, 0.1) is 6.92 Å². The number of benzene rings is 2. The summed E-state index contributed by atoms with van der Waals surface area (Å²) in [6.07, 6.45) is 4.15. The zero-order chi connectivity index (χ0) is 18.7. The van der Waals surface area contributed by atoms with Crippen molar-refractivity contribution in [2.75, 3.05) is 37.4 Å². The molecule has 1 aliphatic rings. The molecule has 0 fully saturated rings. The van der Waals surface area contributed by atoms with E-state index in [2.05, 4.69) is 54.3 Å². The monoisotopic (exact) mass is 370 g/mol. The topological polar surface area (TPSA) is 30.9 Å². The first-order valence-electron chi connectivity index (χ1n) is 9.13. The Labute approximate surface area is 161 Å². The summed E-state index contributed by atoms with van der Waals surface area (Å²) in [4.78, 5) is 8.83. The number of aryl methyl sites for hydroxylation is 2. The van der Waals surface area contributed by atoms with Gasteiger partial charge in [-0.1, -0.05) is 11.6 Å². The summed E-state index contributed by atoms with van der Waals surface area (Å²) >= 11 is 6.45. The van der Waals surface area contributed by atoms with Crippen molar-refractivity contribution in [1.82, 2.24) is 4.90 Å². The summed E-state index contributed by atoms with van der Waals surface area (Å²) in [5.41, 5.74) is 6.76. The van der Waals surface area contributed by atoms with Crippen LogP contribution in [0.4, 0.5) is 22.7 Å². The molecule has 2 aromatic rings. The summed E-state index contributed by atoms with van der Waals surface area (Å²) in [6.45, 7) is 6.20. The quantitative estimate of drug-likeness (QED) is 0.565. The van der Waals surface area contributed by atoms with Crippen LogP contribution >= 0.6 is 11.6 Å². The maximum absolute atomic E-state index is 6.45. The van der Waals surface area contributed by atoms with Crippen molar-refractivity contribution in [3.8, 4) is 0 Å². The highest BCUT2D eigenvalue weighted by atomic mass is 35.5. The average molecular weight is 371 g/mol. The Balaban J connectivity index is 1.82. The van der Waals surface area contributed by atoms with Gasteiger partial charge in [-0.15, -0.1) is 0 Å². The van der Waals surface area contributed by atoms with Crippen molar-refractivity contribution in [2.45, 2.75) is 26.7 Å². The molecule has 0 atom stereocenters. The molecule has 0 amide bonds. The number of nitrogens with one attached hydrogen (secondary N) is 1. The zero-order valence-corrected chi connectivity index (χ0v) is 16.8. The number of anilines is 3. The lowest BCUT2D eigenvalue weighted by Crippen LogP contribution is -2.24. The van der Waals surface area contributed by atoms with Gasteiger partial charge < -0.3 is 15.1 Å². The van der Waals surface area contributed by atoms with Gasteiger partial charge in [0.15, 0.2) is 0 Å². The predicted octanol–water partition coefficient (Wildman–Crippen LogP) is 5.39. The summed E-state index contributed by atoms with van der Waals surface area (Å²) in [5, 5.41) is 4.17. The van der Waals surface area contributed by atoms with Gasteiger partial charge in [0.25, 0.3) is 0 Å². The van der Waals surface area contributed by atoms with Gasteiger partial charge in [0, 0.05) is 44.2 Å². The van der Waals surface area contributed by atoms with Gasteiger partial charge in [0.05, 0.1) is 17.0 Å². The number of halogens is 1. The second-order valence-corrected chi connectivity index (χ2v) is 7.34. The first-order chi connectivity index (χ1) is 12.5. The number of fused-ring (bicyclic) bond motifs is 1. The molecule has 0 aliphatic carbocycles. The third-order valence-electron chi connectivity index (χ3n) is 4.90. The zero-order valence-electron chi connectivity index (χ0n) is 16.0. The fourth-order valence-electron chi connectivity index (χ4n) is 3.16. The minimum Gasteiger partial charge on any atom is -0.374 e. The van der Waals surface area contributed by atoms with E-state index in [1.165, 1.54) is 17.7 Å². The van der Waals surface area contributed by atoms with Crippen molar-refractivity contribution in [2.24, 2.45) is 4.99 Å². The Morgan fingerprint density at radius 3 is 2.88 bits per heavy atom. The number of nitrogens with zero attached hydrogens (tertiary/aromatic N) is 3. The highest BCUT2D eigenvalue weighted by molar-refractivity contribution is 6.33. The molecule has 26 heavy (non-hydrogen) atoms. The smallest absolute Gasteiger partial charge is 0.0910 e. The molecule has 0 radical (unpaired) electrons. The van der Waals surface area contributed by atoms with E-state index in [1.54, 1.807) is 0 Å². The molecule has 4 nitrogen and oxygen atoms in total. The Morgan fingerprint density at radius 2 is 2.12 bits per heavy atom. The maximum atomic E-state index is 6.45. The van der Waals surface area contributed by atoms with E-state index in [4.69, 9.17) is 11.6 Å². The van der Waals surface area contributed by atoms with Gasteiger partial charge in [-0.3, -0.25) is 0 Å². The standard InChI is InChI=1S/C21H27ClN4/c1-5-25(3)14-23-20-11-15(2)19(13-18(20)22)24-17-8-9-21-16(12-17)7-6-10-26(21)4/h8-9,11-14,24H,5-7,10H2,1-4H3/b23-14-. The predicted molar refractivity (Wildman–Crippen MR) is 114 cm³/mol. The molecule has 5 heteroatoms. The SMILES string of the molecule is CCN(C)/C=N\c1cc(C)c(Nc2ccc3c(c2)CCCN3C)cc1Cl. The molecule has 0 aromatic heterocycles. The molecular weight excluding hydrogens is 344 g/mol. The molecule has 1 aliphatic heterocycles.